The van der Waals surface area contributed by atoms with Crippen LogP contribution in [0.5, 0.6) is 5.75 Å². The Balaban J connectivity index is 0.00000338. The highest BCUT2D eigenvalue weighted by Crippen LogP contribution is 2.28. The molecule has 2 N–H and O–H groups in total. The lowest BCUT2D eigenvalue weighted by Crippen LogP contribution is -2.40. The number of hydrogen-bond donors (Lipinski definition) is 2. The maximum Gasteiger partial charge on any atom is 0.193 e. The lowest BCUT2D eigenvalue weighted by atomic mass is 10.1. The predicted octanol–water partition coefficient (Wildman–Crippen LogP) is 2.67. The summed E-state index contributed by atoms with van der Waals surface area (Å²) in [6.07, 6.45) is 1.98. The summed E-state index contributed by atoms with van der Waals surface area (Å²) >= 11 is 0. The molecule has 0 aromatic heterocycles. The van der Waals surface area contributed by atoms with Crippen molar-refractivity contribution >= 4 is 29.9 Å². The second kappa shape index (κ2) is 12.3. The Morgan fingerprint density at radius 2 is 2.04 bits per heavy atom. The standard InChI is InChI=1S/C19H31N3O3.HI/c1-4-20-19(22(2)11-12-25-14-15-5-6-15)21-13-18(23)16-7-9-17(24-3)10-8-16;/h7-10,15,18,23H,4-6,11-14H2,1-3H3,(H,20,21);1H. The molecule has 7 heteroatoms. The molecule has 1 atom stereocenters. The average molecular weight is 477 g/mol. The zero-order valence-electron chi connectivity index (χ0n) is 16.0. The highest BCUT2D eigenvalue weighted by atomic mass is 127. The number of halogens is 1. The summed E-state index contributed by atoms with van der Waals surface area (Å²) in [6, 6.07) is 7.41. The first-order chi connectivity index (χ1) is 12.1. The molecule has 0 saturated heterocycles. The highest BCUT2D eigenvalue weighted by Gasteiger charge is 2.21. The molecule has 0 amide bonds. The summed E-state index contributed by atoms with van der Waals surface area (Å²) in [5.74, 6) is 2.34. The van der Waals surface area contributed by atoms with Gasteiger partial charge in [0.1, 0.15) is 5.75 Å². The van der Waals surface area contributed by atoms with E-state index in [1.165, 1.54) is 12.8 Å². The van der Waals surface area contributed by atoms with Crippen LogP contribution in [0.25, 0.3) is 0 Å². The first-order valence-corrected chi connectivity index (χ1v) is 9.03. The molecule has 1 aliphatic rings. The predicted molar refractivity (Wildman–Crippen MR) is 116 cm³/mol. The molecule has 2 rings (SSSR count). The van der Waals surface area contributed by atoms with Crippen molar-refractivity contribution < 1.29 is 14.6 Å². The van der Waals surface area contributed by atoms with E-state index in [1.54, 1.807) is 7.11 Å². The third-order valence-electron chi connectivity index (χ3n) is 4.23. The molecule has 6 nitrogen and oxygen atoms in total. The maximum atomic E-state index is 10.3. The molecule has 1 unspecified atom stereocenters. The van der Waals surface area contributed by atoms with Gasteiger partial charge in [-0.1, -0.05) is 12.1 Å². The van der Waals surface area contributed by atoms with E-state index in [-0.39, 0.29) is 24.0 Å². The summed E-state index contributed by atoms with van der Waals surface area (Å²) < 4.78 is 10.8. The molecule has 26 heavy (non-hydrogen) atoms. The number of rotatable bonds is 10. The number of aliphatic hydroxyl groups excluding tert-OH is 1. The molecule has 0 heterocycles. The summed E-state index contributed by atoms with van der Waals surface area (Å²) in [5, 5.41) is 13.6. The summed E-state index contributed by atoms with van der Waals surface area (Å²) in [5.41, 5.74) is 0.829. The zero-order valence-corrected chi connectivity index (χ0v) is 18.3. The van der Waals surface area contributed by atoms with E-state index in [2.05, 4.69) is 10.3 Å². The van der Waals surface area contributed by atoms with E-state index in [4.69, 9.17) is 9.47 Å². The van der Waals surface area contributed by atoms with Crippen molar-refractivity contribution in [3.8, 4) is 5.75 Å². The first-order valence-electron chi connectivity index (χ1n) is 9.03. The summed E-state index contributed by atoms with van der Waals surface area (Å²) in [4.78, 5) is 6.59. The molecule has 1 fully saturated rings. The summed E-state index contributed by atoms with van der Waals surface area (Å²) in [7, 11) is 3.62. The fourth-order valence-electron chi connectivity index (χ4n) is 2.42. The van der Waals surface area contributed by atoms with E-state index in [0.717, 1.165) is 42.9 Å². The van der Waals surface area contributed by atoms with Crippen molar-refractivity contribution in [1.82, 2.24) is 10.2 Å². The van der Waals surface area contributed by atoms with Gasteiger partial charge in [-0.15, -0.1) is 24.0 Å². The minimum Gasteiger partial charge on any atom is -0.497 e. The van der Waals surface area contributed by atoms with Gasteiger partial charge < -0.3 is 24.8 Å². The Morgan fingerprint density at radius 1 is 1.35 bits per heavy atom. The van der Waals surface area contributed by atoms with E-state index in [9.17, 15) is 5.11 Å². The lowest BCUT2D eigenvalue weighted by Gasteiger charge is -2.22. The van der Waals surface area contributed by atoms with Gasteiger partial charge in [0, 0.05) is 26.7 Å². The minimum absolute atomic E-state index is 0. The Bertz CT molecular complexity index is 535. The van der Waals surface area contributed by atoms with Crippen LogP contribution in [0.15, 0.2) is 29.3 Å². The zero-order chi connectivity index (χ0) is 18.1. The van der Waals surface area contributed by atoms with Crippen molar-refractivity contribution in [1.29, 1.82) is 0 Å². The van der Waals surface area contributed by atoms with Crippen LogP contribution >= 0.6 is 24.0 Å². The van der Waals surface area contributed by atoms with Crippen LogP contribution in [0.4, 0.5) is 0 Å². The van der Waals surface area contributed by atoms with Gasteiger partial charge in [-0.3, -0.25) is 4.99 Å². The molecule has 1 aliphatic carbocycles. The van der Waals surface area contributed by atoms with E-state index in [1.807, 2.05) is 43.1 Å². The highest BCUT2D eigenvalue weighted by molar-refractivity contribution is 14.0. The van der Waals surface area contributed by atoms with Crippen molar-refractivity contribution in [3.63, 3.8) is 0 Å². The van der Waals surface area contributed by atoms with Crippen molar-refractivity contribution in [2.75, 3.05) is 47.0 Å². The number of benzene rings is 1. The molecule has 0 bridgehead atoms. The average Bonchev–Trinajstić information content (AvgIpc) is 3.46. The minimum atomic E-state index is -0.640. The van der Waals surface area contributed by atoms with Crippen molar-refractivity contribution in [2.45, 2.75) is 25.9 Å². The van der Waals surface area contributed by atoms with Crippen molar-refractivity contribution in [3.05, 3.63) is 29.8 Å². The number of aliphatic imine (C=N–C) groups is 1. The van der Waals surface area contributed by atoms with Crippen LogP contribution in [0, 0.1) is 5.92 Å². The Hall–Kier alpha value is -1.06. The molecule has 1 aromatic rings. The van der Waals surface area contributed by atoms with Gasteiger partial charge in [-0.2, -0.15) is 0 Å². The quantitative estimate of drug-likeness (QED) is 0.235. The van der Waals surface area contributed by atoms with Gasteiger partial charge in [0.2, 0.25) is 0 Å². The molecule has 0 spiro atoms. The number of nitrogens with zero attached hydrogens (tertiary/aromatic N) is 2. The fourth-order valence-corrected chi connectivity index (χ4v) is 2.42. The van der Waals surface area contributed by atoms with Gasteiger partial charge in [-0.05, 0) is 43.4 Å². The molecule has 148 valence electrons. The lowest BCUT2D eigenvalue weighted by molar-refractivity contribution is 0.115. The van der Waals surface area contributed by atoms with Gasteiger partial charge in [0.15, 0.2) is 5.96 Å². The third-order valence-corrected chi connectivity index (χ3v) is 4.23. The normalized spacial score (nSPS) is 15.2. The van der Waals surface area contributed by atoms with E-state index >= 15 is 0 Å². The van der Waals surface area contributed by atoms with Crippen LogP contribution in [-0.2, 0) is 4.74 Å². The number of ether oxygens (including phenoxy) is 2. The SMILES string of the molecule is CCNC(=NCC(O)c1ccc(OC)cc1)N(C)CCOCC1CC1.I. The van der Waals surface area contributed by atoms with Crippen molar-refractivity contribution in [2.24, 2.45) is 10.9 Å². The van der Waals surface area contributed by atoms with Crippen LogP contribution in [0.1, 0.15) is 31.4 Å². The molecule has 1 aromatic carbocycles. The molecule has 0 radical (unpaired) electrons. The molecular formula is C19H32IN3O3. The number of nitrogens with one attached hydrogen (secondary N) is 1. The van der Waals surface area contributed by atoms with Crippen LogP contribution in [0.3, 0.4) is 0 Å². The fraction of sp³-hybridized carbons (Fsp3) is 0.632. The van der Waals surface area contributed by atoms with Gasteiger partial charge in [-0.25, -0.2) is 0 Å². The van der Waals surface area contributed by atoms with Crippen LogP contribution in [0.2, 0.25) is 0 Å². The molecule has 0 aliphatic heterocycles. The topological polar surface area (TPSA) is 66.3 Å². The van der Waals surface area contributed by atoms with Crippen LogP contribution < -0.4 is 10.1 Å². The number of hydrogen-bond acceptors (Lipinski definition) is 4. The Labute approximate surface area is 174 Å². The second-order valence-electron chi connectivity index (χ2n) is 6.42. The Kier molecular flexibility index (Phi) is 10.9. The second-order valence-corrected chi connectivity index (χ2v) is 6.42. The molecule has 1 saturated carbocycles. The number of aliphatic hydroxyl groups is 1. The number of methoxy groups -OCH3 is 1. The van der Waals surface area contributed by atoms with Crippen LogP contribution in [-0.4, -0.2) is 63.0 Å². The largest absolute Gasteiger partial charge is 0.497 e. The Morgan fingerprint density at radius 3 is 2.62 bits per heavy atom. The van der Waals surface area contributed by atoms with Gasteiger partial charge in [0.25, 0.3) is 0 Å². The number of guanidine groups is 1. The van der Waals surface area contributed by atoms with E-state index in [0.29, 0.717) is 13.2 Å². The third kappa shape index (κ3) is 8.09. The maximum absolute atomic E-state index is 10.3. The monoisotopic (exact) mass is 477 g/mol. The first kappa shape index (κ1) is 23.0. The van der Waals surface area contributed by atoms with Gasteiger partial charge >= 0.3 is 0 Å². The van der Waals surface area contributed by atoms with Gasteiger partial charge in [0.05, 0.1) is 26.4 Å². The summed E-state index contributed by atoms with van der Waals surface area (Å²) in [6.45, 7) is 5.47. The van der Waals surface area contributed by atoms with E-state index < -0.39 is 6.10 Å². The number of likely N-dealkylation sites (N-methyl/N-ethyl adjacent to an activating group) is 1. The molecular weight excluding hydrogens is 445 g/mol. The smallest absolute Gasteiger partial charge is 0.193 e.